The second kappa shape index (κ2) is 10.2. The summed E-state index contributed by atoms with van der Waals surface area (Å²) in [6, 6.07) is 11.9. The molecule has 2 atom stereocenters. The van der Waals surface area contributed by atoms with Crippen LogP contribution >= 0.6 is 0 Å². The van der Waals surface area contributed by atoms with Gasteiger partial charge >= 0.3 is 6.18 Å². The van der Waals surface area contributed by atoms with Crippen LogP contribution in [-0.2, 0) is 11.0 Å². The third-order valence-electron chi connectivity index (χ3n) is 6.88. The number of likely N-dealkylation sites (tertiary alicyclic amines) is 1. The van der Waals surface area contributed by atoms with Crippen molar-refractivity contribution in [3.63, 3.8) is 0 Å². The summed E-state index contributed by atoms with van der Waals surface area (Å²) in [6.07, 6.45) is -2.87. The SMILES string of the molecule is Cc1c(-c2cccc(C(F)(F)F)c2)c(=O)c(C(=O)NC2CCN(C)C2=O)cn1C(C)c1ccc(C#N)cc1. The predicted octanol–water partition coefficient (Wildman–Crippen LogP) is 4.28. The summed E-state index contributed by atoms with van der Waals surface area (Å²) in [6.45, 7) is 3.87. The van der Waals surface area contributed by atoms with E-state index in [0.29, 0.717) is 24.2 Å². The Kier molecular flexibility index (Phi) is 7.14. The molecular weight excluding hydrogens is 497 g/mol. The number of pyridine rings is 1. The molecule has 1 N–H and O–H groups in total. The van der Waals surface area contributed by atoms with Gasteiger partial charge in [0.15, 0.2) is 0 Å². The molecule has 1 aliphatic heterocycles. The number of amides is 2. The molecule has 0 bridgehead atoms. The summed E-state index contributed by atoms with van der Waals surface area (Å²) < 4.78 is 42.1. The van der Waals surface area contributed by atoms with Crippen molar-refractivity contribution in [2.75, 3.05) is 13.6 Å². The van der Waals surface area contributed by atoms with Gasteiger partial charge in [-0.15, -0.1) is 0 Å². The van der Waals surface area contributed by atoms with E-state index in [2.05, 4.69) is 5.32 Å². The highest BCUT2D eigenvalue weighted by Crippen LogP contribution is 2.33. The number of hydrogen-bond acceptors (Lipinski definition) is 4. The summed E-state index contributed by atoms with van der Waals surface area (Å²) in [7, 11) is 1.61. The minimum Gasteiger partial charge on any atom is -0.344 e. The van der Waals surface area contributed by atoms with Gasteiger partial charge in [0, 0.05) is 31.0 Å². The Labute approximate surface area is 217 Å². The first-order valence-electron chi connectivity index (χ1n) is 11.9. The molecule has 10 heteroatoms. The van der Waals surface area contributed by atoms with E-state index in [-0.39, 0.29) is 22.6 Å². The molecule has 0 radical (unpaired) electrons. The number of hydrogen-bond donors (Lipinski definition) is 1. The van der Waals surface area contributed by atoms with Crippen LogP contribution in [0.25, 0.3) is 11.1 Å². The topological polar surface area (TPSA) is 95.2 Å². The summed E-state index contributed by atoms with van der Waals surface area (Å²) >= 11 is 0. The van der Waals surface area contributed by atoms with Gasteiger partial charge in [-0.3, -0.25) is 14.4 Å². The van der Waals surface area contributed by atoms with Crippen molar-refractivity contribution in [2.24, 2.45) is 0 Å². The van der Waals surface area contributed by atoms with Crippen LogP contribution in [-0.4, -0.2) is 40.9 Å². The lowest BCUT2D eigenvalue weighted by molar-refractivity contribution is -0.137. The summed E-state index contributed by atoms with van der Waals surface area (Å²) in [5.41, 5.74) is -0.395. The first kappa shape index (κ1) is 26.7. The average Bonchev–Trinajstić information content (AvgIpc) is 3.20. The normalized spacial score (nSPS) is 16.3. The second-order valence-corrected chi connectivity index (χ2v) is 9.30. The Bertz CT molecular complexity index is 1500. The molecule has 1 saturated heterocycles. The summed E-state index contributed by atoms with van der Waals surface area (Å²) in [5, 5.41) is 11.7. The van der Waals surface area contributed by atoms with Crippen LogP contribution in [0, 0.1) is 18.3 Å². The standard InChI is InChI=1S/C28H25F3N4O3/c1-16(19-9-7-18(14-32)8-10-19)35-15-22(26(37)33-23-11-12-34(3)27(23)38)25(36)24(17(35)2)20-5-4-6-21(13-20)28(29,30)31/h4-10,13,15-16,23H,11-12H2,1-3H3,(H,33,37). The number of rotatable bonds is 5. The predicted molar refractivity (Wildman–Crippen MR) is 134 cm³/mol. The molecular formula is C28H25F3N4O3. The Morgan fingerprint density at radius 1 is 1.16 bits per heavy atom. The molecule has 4 rings (SSSR count). The van der Waals surface area contributed by atoms with Crippen LogP contribution in [0.3, 0.4) is 0 Å². The zero-order chi connectivity index (χ0) is 27.8. The zero-order valence-corrected chi connectivity index (χ0v) is 21.0. The third kappa shape index (κ3) is 5.05. The van der Waals surface area contributed by atoms with E-state index in [1.807, 2.05) is 13.0 Å². The highest BCUT2D eigenvalue weighted by molar-refractivity contribution is 5.98. The average molecular weight is 523 g/mol. The van der Waals surface area contributed by atoms with E-state index < -0.39 is 35.2 Å². The van der Waals surface area contributed by atoms with Crippen LogP contribution in [0.1, 0.15) is 52.1 Å². The number of nitrogens with zero attached hydrogens (tertiary/aromatic N) is 3. The van der Waals surface area contributed by atoms with Crippen molar-refractivity contribution in [3.05, 3.63) is 92.9 Å². The molecule has 0 saturated carbocycles. The first-order valence-corrected chi connectivity index (χ1v) is 11.9. The Balaban J connectivity index is 1.88. The van der Waals surface area contributed by atoms with E-state index in [9.17, 15) is 27.6 Å². The highest BCUT2D eigenvalue weighted by atomic mass is 19.4. The molecule has 0 spiro atoms. The number of likely N-dealkylation sites (N-methyl/N-ethyl adjacent to an activating group) is 1. The van der Waals surface area contributed by atoms with Gasteiger partial charge in [-0.1, -0.05) is 24.3 Å². The van der Waals surface area contributed by atoms with Crippen molar-refractivity contribution >= 4 is 11.8 Å². The molecule has 1 fully saturated rings. The van der Waals surface area contributed by atoms with Gasteiger partial charge in [-0.05, 0) is 55.7 Å². The molecule has 1 aromatic heterocycles. The smallest absolute Gasteiger partial charge is 0.344 e. The minimum absolute atomic E-state index is 0.0226. The van der Waals surface area contributed by atoms with E-state index in [0.717, 1.165) is 17.7 Å². The lowest BCUT2D eigenvalue weighted by Gasteiger charge is -2.23. The fraction of sp³-hybridized carbons (Fsp3) is 0.286. The van der Waals surface area contributed by atoms with E-state index in [4.69, 9.17) is 5.26 Å². The largest absolute Gasteiger partial charge is 0.416 e. The fourth-order valence-electron chi connectivity index (χ4n) is 4.67. The molecule has 2 heterocycles. The molecule has 7 nitrogen and oxygen atoms in total. The molecule has 0 aliphatic carbocycles. The molecule has 38 heavy (non-hydrogen) atoms. The van der Waals surface area contributed by atoms with Gasteiger partial charge in [0.05, 0.1) is 23.2 Å². The van der Waals surface area contributed by atoms with E-state index in [1.165, 1.54) is 23.2 Å². The number of benzene rings is 2. The Morgan fingerprint density at radius 3 is 2.42 bits per heavy atom. The van der Waals surface area contributed by atoms with Crippen LogP contribution < -0.4 is 10.7 Å². The summed E-state index contributed by atoms with van der Waals surface area (Å²) in [5.74, 6) is -1.06. The van der Waals surface area contributed by atoms with Crippen LogP contribution in [0.2, 0.25) is 0 Å². The molecule has 2 aromatic carbocycles. The molecule has 3 aromatic rings. The van der Waals surface area contributed by atoms with Crippen molar-refractivity contribution in [2.45, 2.75) is 38.5 Å². The maximum atomic E-state index is 13.6. The van der Waals surface area contributed by atoms with Crippen LogP contribution in [0.15, 0.2) is 59.5 Å². The maximum absolute atomic E-state index is 13.6. The Morgan fingerprint density at radius 2 is 1.84 bits per heavy atom. The molecule has 2 amide bonds. The fourth-order valence-corrected chi connectivity index (χ4v) is 4.67. The Hall–Kier alpha value is -4.39. The lowest BCUT2D eigenvalue weighted by Crippen LogP contribution is -2.42. The minimum atomic E-state index is -4.62. The monoisotopic (exact) mass is 522 g/mol. The van der Waals surface area contributed by atoms with Gasteiger partial charge in [0.25, 0.3) is 5.91 Å². The van der Waals surface area contributed by atoms with Crippen LogP contribution in [0.4, 0.5) is 13.2 Å². The van der Waals surface area contributed by atoms with Crippen molar-refractivity contribution < 1.29 is 22.8 Å². The number of carbonyl (C=O) groups excluding carboxylic acids is 2. The lowest BCUT2D eigenvalue weighted by atomic mass is 9.97. The van der Waals surface area contributed by atoms with Crippen molar-refractivity contribution in [3.8, 4) is 17.2 Å². The number of nitrogens with one attached hydrogen (secondary N) is 1. The van der Waals surface area contributed by atoms with Gasteiger partial charge in [-0.2, -0.15) is 18.4 Å². The maximum Gasteiger partial charge on any atom is 0.416 e. The quantitative estimate of drug-likeness (QED) is 0.541. The van der Waals surface area contributed by atoms with Gasteiger partial charge in [-0.25, -0.2) is 0 Å². The van der Waals surface area contributed by atoms with Gasteiger partial charge in [0.1, 0.15) is 11.6 Å². The summed E-state index contributed by atoms with van der Waals surface area (Å²) in [4.78, 5) is 40.7. The molecule has 2 unspecified atom stereocenters. The van der Waals surface area contributed by atoms with Gasteiger partial charge in [0.2, 0.25) is 11.3 Å². The van der Waals surface area contributed by atoms with Crippen molar-refractivity contribution in [1.82, 2.24) is 14.8 Å². The third-order valence-corrected chi connectivity index (χ3v) is 6.88. The van der Waals surface area contributed by atoms with E-state index >= 15 is 0 Å². The number of aromatic nitrogens is 1. The van der Waals surface area contributed by atoms with Crippen molar-refractivity contribution in [1.29, 1.82) is 5.26 Å². The zero-order valence-electron chi connectivity index (χ0n) is 21.0. The molecule has 196 valence electrons. The number of alkyl halides is 3. The number of carbonyl (C=O) groups is 2. The highest BCUT2D eigenvalue weighted by Gasteiger charge is 2.33. The van der Waals surface area contributed by atoms with E-state index in [1.54, 1.807) is 42.8 Å². The number of halogens is 3. The van der Waals surface area contributed by atoms with Gasteiger partial charge < -0.3 is 14.8 Å². The van der Waals surface area contributed by atoms with Crippen LogP contribution in [0.5, 0.6) is 0 Å². The molecule has 1 aliphatic rings. The number of nitriles is 1. The second-order valence-electron chi connectivity index (χ2n) is 9.30. The first-order chi connectivity index (χ1) is 17.9.